The van der Waals surface area contributed by atoms with Gasteiger partial charge in [-0.05, 0) is 62.4 Å². The fourth-order valence-electron chi connectivity index (χ4n) is 2.63. The van der Waals surface area contributed by atoms with Gasteiger partial charge >= 0.3 is 11.9 Å². The molecule has 0 saturated heterocycles. The fraction of sp³-hybridized carbons (Fsp3) is 0.208. The summed E-state index contributed by atoms with van der Waals surface area (Å²) in [7, 11) is 2.69. The van der Waals surface area contributed by atoms with Gasteiger partial charge in [-0.3, -0.25) is 4.79 Å². The van der Waals surface area contributed by atoms with Gasteiger partial charge < -0.3 is 18.9 Å². The first kappa shape index (κ1) is 23.7. The summed E-state index contributed by atoms with van der Waals surface area (Å²) in [5.74, 6) is -2.76. The summed E-state index contributed by atoms with van der Waals surface area (Å²) in [6.45, 7) is 10.1. The highest BCUT2D eigenvalue weighted by atomic mass is 16.7. The van der Waals surface area contributed by atoms with E-state index in [1.807, 2.05) is 0 Å². The number of carbonyl (C=O) groups is 3. The summed E-state index contributed by atoms with van der Waals surface area (Å²) in [4.78, 5) is 36.6. The van der Waals surface area contributed by atoms with Crippen molar-refractivity contribution >= 4 is 17.7 Å². The van der Waals surface area contributed by atoms with E-state index in [2.05, 4.69) is 13.2 Å². The summed E-state index contributed by atoms with van der Waals surface area (Å²) in [6, 6.07) is 12.2. The molecule has 0 radical (unpaired) electrons. The minimum atomic E-state index is -1.73. The molecule has 0 fully saturated rings. The van der Waals surface area contributed by atoms with Crippen molar-refractivity contribution in [3.8, 4) is 11.5 Å². The molecule has 0 amide bonds. The van der Waals surface area contributed by atoms with Crippen LogP contribution in [-0.2, 0) is 24.8 Å². The number of Topliss-reactive ketones (excluding diaryl/α,β-unsaturated/α-hetero) is 1. The lowest BCUT2D eigenvalue weighted by Gasteiger charge is -2.29. The zero-order valence-corrected chi connectivity index (χ0v) is 17.9. The van der Waals surface area contributed by atoms with E-state index >= 15 is 0 Å². The number of ketones is 1. The lowest BCUT2D eigenvalue weighted by atomic mass is 9.95. The van der Waals surface area contributed by atoms with E-state index in [1.165, 1.54) is 57.5 Å². The molecule has 7 heteroatoms. The van der Waals surface area contributed by atoms with Gasteiger partial charge in [-0.25, -0.2) is 9.59 Å². The Balaban J connectivity index is 2.30. The predicted molar refractivity (Wildman–Crippen MR) is 114 cm³/mol. The van der Waals surface area contributed by atoms with Crippen LogP contribution in [0.1, 0.15) is 29.8 Å². The smallest absolute Gasteiger partial charge is 0.338 e. The molecule has 7 nitrogen and oxygen atoms in total. The van der Waals surface area contributed by atoms with Gasteiger partial charge in [-0.1, -0.05) is 13.2 Å². The van der Waals surface area contributed by atoms with Crippen molar-refractivity contribution in [2.75, 3.05) is 14.2 Å². The summed E-state index contributed by atoms with van der Waals surface area (Å²) in [5.41, 5.74) is 1.20. The summed E-state index contributed by atoms with van der Waals surface area (Å²) in [6.07, 6.45) is 0. The van der Waals surface area contributed by atoms with Crippen molar-refractivity contribution in [1.82, 2.24) is 0 Å². The zero-order valence-electron chi connectivity index (χ0n) is 17.9. The van der Waals surface area contributed by atoms with Crippen LogP contribution in [0.4, 0.5) is 0 Å². The van der Waals surface area contributed by atoms with Gasteiger partial charge in [-0.2, -0.15) is 0 Å². The largest absolute Gasteiger partial charge is 0.423 e. The summed E-state index contributed by atoms with van der Waals surface area (Å²) in [5, 5.41) is 0. The molecule has 0 bridgehead atoms. The summed E-state index contributed by atoms with van der Waals surface area (Å²) < 4.78 is 21.3. The van der Waals surface area contributed by atoms with Crippen LogP contribution in [-0.4, -0.2) is 31.9 Å². The van der Waals surface area contributed by atoms with Crippen molar-refractivity contribution in [3.63, 3.8) is 0 Å². The Morgan fingerprint density at radius 3 is 1.45 bits per heavy atom. The zero-order chi connectivity index (χ0) is 23.2. The molecule has 2 aromatic carbocycles. The van der Waals surface area contributed by atoms with Crippen LogP contribution >= 0.6 is 0 Å². The van der Waals surface area contributed by atoms with Crippen molar-refractivity contribution in [3.05, 3.63) is 84.0 Å². The molecule has 31 heavy (non-hydrogen) atoms. The van der Waals surface area contributed by atoms with E-state index in [9.17, 15) is 14.4 Å². The first-order valence-corrected chi connectivity index (χ1v) is 9.25. The number of rotatable bonds is 9. The van der Waals surface area contributed by atoms with Crippen LogP contribution in [0, 0.1) is 0 Å². The first-order chi connectivity index (χ1) is 14.6. The Hall–Kier alpha value is -3.55. The lowest BCUT2D eigenvalue weighted by Crippen LogP contribution is -2.40. The molecule has 162 valence electrons. The predicted octanol–water partition coefficient (Wildman–Crippen LogP) is 3.98. The quantitative estimate of drug-likeness (QED) is 0.198. The number of benzene rings is 2. The normalized spacial score (nSPS) is 10.8. The molecule has 0 aromatic heterocycles. The molecule has 0 aliphatic rings. The van der Waals surface area contributed by atoms with Gasteiger partial charge in [-0.15, -0.1) is 0 Å². The van der Waals surface area contributed by atoms with Gasteiger partial charge in [0.15, 0.2) is 0 Å². The molecular formula is C24H24O7. The maximum atomic E-state index is 13.3. The Morgan fingerprint density at radius 2 is 1.10 bits per heavy atom. The number of carbonyl (C=O) groups excluding carboxylic acids is 3. The number of hydrogen-bond donors (Lipinski definition) is 0. The Labute approximate surface area is 180 Å². The molecule has 0 unspecified atom stereocenters. The molecule has 0 spiro atoms. The molecular weight excluding hydrogens is 400 g/mol. The van der Waals surface area contributed by atoms with Crippen LogP contribution in [0.25, 0.3) is 0 Å². The van der Waals surface area contributed by atoms with Crippen LogP contribution in [0.15, 0.2) is 72.8 Å². The van der Waals surface area contributed by atoms with Crippen LogP contribution < -0.4 is 9.47 Å². The Morgan fingerprint density at radius 1 is 0.710 bits per heavy atom. The highest BCUT2D eigenvalue weighted by Crippen LogP contribution is 2.32. The molecule has 0 saturated carbocycles. The van der Waals surface area contributed by atoms with E-state index < -0.39 is 23.5 Å². The second-order valence-corrected chi connectivity index (χ2v) is 6.74. The monoisotopic (exact) mass is 424 g/mol. The minimum absolute atomic E-state index is 0.260. The van der Waals surface area contributed by atoms with Gasteiger partial charge in [0.2, 0.25) is 5.78 Å². The van der Waals surface area contributed by atoms with Crippen molar-refractivity contribution in [1.29, 1.82) is 0 Å². The van der Waals surface area contributed by atoms with E-state index in [0.717, 1.165) is 0 Å². The third-order valence-electron chi connectivity index (χ3n) is 4.34. The first-order valence-electron chi connectivity index (χ1n) is 9.25. The average molecular weight is 424 g/mol. The average Bonchev–Trinajstić information content (AvgIpc) is 2.76. The maximum Gasteiger partial charge on any atom is 0.338 e. The van der Waals surface area contributed by atoms with Crippen LogP contribution in [0.2, 0.25) is 0 Å². The Kier molecular flexibility index (Phi) is 7.63. The van der Waals surface area contributed by atoms with Crippen molar-refractivity contribution in [2.45, 2.75) is 19.6 Å². The second-order valence-electron chi connectivity index (χ2n) is 6.74. The van der Waals surface area contributed by atoms with Gasteiger partial charge in [0.05, 0.1) is 0 Å². The van der Waals surface area contributed by atoms with E-state index in [4.69, 9.17) is 18.9 Å². The third kappa shape index (κ3) is 5.33. The van der Waals surface area contributed by atoms with E-state index in [1.54, 1.807) is 19.1 Å². The third-order valence-corrected chi connectivity index (χ3v) is 4.34. The van der Waals surface area contributed by atoms with Gasteiger partial charge in [0.1, 0.15) is 11.5 Å². The summed E-state index contributed by atoms with van der Waals surface area (Å²) >= 11 is 0. The second kappa shape index (κ2) is 9.97. The van der Waals surface area contributed by atoms with Crippen molar-refractivity contribution in [2.24, 2.45) is 0 Å². The standard InChI is InChI=1S/C24H24O7/c1-15(2)22(26)30-19-11-7-17(8-12-19)21(25)24(28-5,29-6)18-9-13-20(14-10-18)31-23(27)16(3)4/h7-14H,1,3H2,2,4-6H3. The minimum Gasteiger partial charge on any atom is -0.423 e. The van der Waals surface area contributed by atoms with E-state index in [-0.39, 0.29) is 28.2 Å². The fourth-order valence-corrected chi connectivity index (χ4v) is 2.63. The van der Waals surface area contributed by atoms with Gasteiger partial charge in [0.25, 0.3) is 5.79 Å². The van der Waals surface area contributed by atoms with E-state index in [0.29, 0.717) is 5.56 Å². The lowest BCUT2D eigenvalue weighted by molar-refractivity contribution is -0.176. The maximum absolute atomic E-state index is 13.3. The Bertz CT molecular complexity index is 997. The molecule has 0 aliphatic heterocycles. The molecule has 0 heterocycles. The highest BCUT2D eigenvalue weighted by Gasteiger charge is 2.41. The highest BCUT2D eigenvalue weighted by molar-refractivity contribution is 6.02. The molecule has 2 aromatic rings. The molecule has 2 rings (SSSR count). The van der Waals surface area contributed by atoms with Crippen molar-refractivity contribution < 1.29 is 33.3 Å². The van der Waals surface area contributed by atoms with Crippen LogP contribution in [0.5, 0.6) is 11.5 Å². The van der Waals surface area contributed by atoms with Crippen LogP contribution in [0.3, 0.4) is 0 Å². The molecule has 0 N–H and O–H groups in total. The number of hydrogen-bond acceptors (Lipinski definition) is 7. The molecule has 0 aliphatic carbocycles. The van der Waals surface area contributed by atoms with Gasteiger partial charge in [0, 0.05) is 36.5 Å². The number of esters is 2. The number of methoxy groups -OCH3 is 2. The molecule has 0 atom stereocenters. The topological polar surface area (TPSA) is 88.1 Å². The number of ether oxygens (including phenoxy) is 4. The SMILES string of the molecule is C=C(C)C(=O)Oc1ccc(C(=O)C(OC)(OC)c2ccc(OC(=O)C(=C)C)cc2)cc1.